The fraction of sp³-hybridized carbons (Fsp3) is 0.188. The Morgan fingerprint density at radius 1 is 1.15 bits per heavy atom. The van der Waals surface area contributed by atoms with Crippen LogP contribution in [0.3, 0.4) is 0 Å². The van der Waals surface area contributed by atoms with Gasteiger partial charge in [-0.3, -0.25) is 20.4 Å². The van der Waals surface area contributed by atoms with Crippen LogP contribution < -0.4 is 10.9 Å². The molecule has 1 aromatic heterocycles. The smallest absolute Gasteiger partial charge is 0.272 e. The highest BCUT2D eigenvalue weighted by molar-refractivity contribution is 7.99. The van der Waals surface area contributed by atoms with Crippen LogP contribution in [0.2, 0.25) is 0 Å². The summed E-state index contributed by atoms with van der Waals surface area (Å²) in [4.78, 5) is 27.6. The molecule has 0 saturated heterocycles. The fourth-order valence-electron chi connectivity index (χ4n) is 1.83. The number of halogens is 1. The first kappa shape index (κ1) is 20.8. The van der Waals surface area contributed by atoms with E-state index in [1.54, 1.807) is 0 Å². The first-order valence-electron chi connectivity index (χ1n) is 7.57. The summed E-state index contributed by atoms with van der Waals surface area (Å²) in [6, 6.07) is 8.25. The Morgan fingerprint density at radius 3 is 2.44 bits per heavy atom. The van der Waals surface area contributed by atoms with E-state index in [0.29, 0.717) is 5.03 Å². The second kappa shape index (κ2) is 8.93. The number of benzene rings is 1. The van der Waals surface area contributed by atoms with Crippen molar-refractivity contribution in [2.24, 2.45) is 0 Å². The van der Waals surface area contributed by atoms with E-state index in [9.17, 15) is 22.4 Å². The van der Waals surface area contributed by atoms with Crippen LogP contribution in [0, 0.1) is 5.82 Å². The zero-order chi connectivity index (χ0) is 20.0. The molecule has 0 aliphatic rings. The van der Waals surface area contributed by atoms with Gasteiger partial charge in [0.15, 0.2) is 0 Å². The third kappa shape index (κ3) is 5.49. The highest BCUT2D eigenvalue weighted by Gasteiger charge is 2.17. The molecule has 11 heteroatoms. The quantitative estimate of drug-likeness (QED) is 0.542. The van der Waals surface area contributed by atoms with Gasteiger partial charge in [-0.1, -0.05) is 23.9 Å². The molecule has 27 heavy (non-hydrogen) atoms. The molecule has 2 amide bonds. The summed E-state index contributed by atoms with van der Waals surface area (Å²) in [7, 11) is -0.740. The highest BCUT2D eigenvalue weighted by atomic mass is 32.2. The predicted octanol–water partition coefficient (Wildman–Crippen LogP) is 1.02. The van der Waals surface area contributed by atoms with Crippen LogP contribution in [-0.4, -0.2) is 49.4 Å². The zero-order valence-corrected chi connectivity index (χ0v) is 16.1. The molecular formula is C16H17FN4O4S2. The van der Waals surface area contributed by atoms with Crippen molar-refractivity contribution in [3.8, 4) is 0 Å². The largest absolute Gasteiger partial charge is 0.272 e. The van der Waals surface area contributed by atoms with Crippen molar-refractivity contribution in [2.75, 3.05) is 19.8 Å². The van der Waals surface area contributed by atoms with Gasteiger partial charge >= 0.3 is 0 Å². The summed E-state index contributed by atoms with van der Waals surface area (Å²) in [5.74, 6) is -2.08. The number of hydrogen-bond donors (Lipinski definition) is 2. The summed E-state index contributed by atoms with van der Waals surface area (Å²) < 4.78 is 38.4. The standard InChI is InChI=1S/C16H17FN4O4S2/c1-21(2)27(24,25)11-7-8-15(18-9-11)26-10-14(22)19-20-16(23)12-5-3-4-6-13(12)17/h3-9H,10H2,1-2H3,(H,19,22)(H,20,23). The highest BCUT2D eigenvalue weighted by Crippen LogP contribution is 2.18. The van der Waals surface area contributed by atoms with Gasteiger partial charge in [-0.05, 0) is 24.3 Å². The van der Waals surface area contributed by atoms with Crippen molar-refractivity contribution in [1.29, 1.82) is 0 Å². The van der Waals surface area contributed by atoms with E-state index >= 15 is 0 Å². The lowest BCUT2D eigenvalue weighted by molar-refractivity contribution is -0.119. The molecule has 0 saturated carbocycles. The first-order chi connectivity index (χ1) is 12.7. The van der Waals surface area contributed by atoms with Crippen LogP contribution >= 0.6 is 11.8 Å². The van der Waals surface area contributed by atoms with E-state index in [2.05, 4.69) is 15.8 Å². The number of pyridine rings is 1. The number of hydrogen-bond acceptors (Lipinski definition) is 6. The van der Waals surface area contributed by atoms with Crippen LogP contribution in [0.15, 0.2) is 52.5 Å². The fourth-order valence-corrected chi connectivity index (χ4v) is 3.32. The molecular weight excluding hydrogens is 395 g/mol. The summed E-state index contributed by atoms with van der Waals surface area (Å²) in [5.41, 5.74) is 4.10. The lowest BCUT2D eigenvalue weighted by Crippen LogP contribution is -2.42. The molecule has 0 aliphatic carbocycles. The van der Waals surface area contributed by atoms with E-state index in [0.717, 1.165) is 22.1 Å². The predicted molar refractivity (Wildman–Crippen MR) is 97.8 cm³/mol. The van der Waals surface area contributed by atoms with Gasteiger partial charge in [-0.15, -0.1) is 0 Å². The summed E-state index contributed by atoms with van der Waals surface area (Å²) >= 11 is 1.05. The van der Waals surface area contributed by atoms with Gasteiger partial charge in [0.1, 0.15) is 10.7 Å². The summed E-state index contributed by atoms with van der Waals surface area (Å²) in [6.45, 7) is 0. The van der Waals surface area contributed by atoms with E-state index in [-0.39, 0.29) is 16.2 Å². The van der Waals surface area contributed by atoms with Crippen LogP contribution in [0.1, 0.15) is 10.4 Å². The Morgan fingerprint density at radius 2 is 1.85 bits per heavy atom. The van der Waals surface area contributed by atoms with E-state index in [1.807, 2.05) is 0 Å². The van der Waals surface area contributed by atoms with Crippen LogP contribution in [0.4, 0.5) is 4.39 Å². The van der Waals surface area contributed by atoms with Gasteiger partial charge in [0.25, 0.3) is 5.91 Å². The molecule has 0 radical (unpaired) electrons. The minimum atomic E-state index is -3.57. The van der Waals surface area contributed by atoms with Crippen molar-refractivity contribution in [2.45, 2.75) is 9.92 Å². The molecule has 0 aliphatic heterocycles. The second-order valence-corrected chi connectivity index (χ2v) is 8.54. The molecule has 8 nitrogen and oxygen atoms in total. The molecule has 0 bridgehead atoms. The molecule has 2 N–H and O–H groups in total. The Hall–Kier alpha value is -2.50. The Balaban J connectivity index is 1.85. The lowest BCUT2D eigenvalue weighted by Gasteiger charge is -2.11. The summed E-state index contributed by atoms with van der Waals surface area (Å²) in [6.07, 6.45) is 1.20. The summed E-state index contributed by atoms with van der Waals surface area (Å²) in [5, 5.41) is 0.434. The van der Waals surface area contributed by atoms with Crippen molar-refractivity contribution < 1.29 is 22.4 Å². The molecule has 0 unspecified atom stereocenters. The van der Waals surface area contributed by atoms with Gasteiger partial charge < -0.3 is 0 Å². The lowest BCUT2D eigenvalue weighted by atomic mass is 10.2. The minimum absolute atomic E-state index is 0.0402. The normalized spacial score (nSPS) is 11.3. The number of thioether (sulfide) groups is 1. The zero-order valence-electron chi connectivity index (χ0n) is 14.5. The Labute approximate surface area is 160 Å². The Kier molecular flexibility index (Phi) is 6.88. The van der Waals surface area contributed by atoms with Gasteiger partial charge in [-0.25, -0.2) is 22.1 Å². The number of amides is 2. The number of aromatic nitrogens is 1. The maximum absolute atomic E-state index is 13.5. The SMILES string of the molecule is CN(C)S(=O)(=O)c1ccc(SCC(=O)NNC(=O)c2ccccc2F)nc1. The number of rotatable bonds is 6. The number of sulfonamides is 1. The number of hydrazine groups is 1. The average Bonchev–Trinajstić information content (AvgIpc) is 2.65. The van der Waals surface area contributed by atoms with Crippen LogP contribution in [-0.2, 0) is 14.8 Å². The number of nitrogens with zero attached hydrogens (tertiary/aromatic N) is 2. The van der Waals surface area contributed by atoms with Crippen LogP contribution in [0.5, 0.6) is 0 Å². The third-order valence-corrected chi connectivity index (χ3v) is 6.02. The molecule has 0 fully saturated rings. The number of nitrogens with one attached hydrogen (secondary N) is 2. The second-order valence-electron chi connectivity index (χ2n) is 5.39. The van der Waals surface area contributed by atoms with Crippen molar-refractivity contribution in [3.05, 3.63) is 54.0 Å². The molecule has 2 rings (SSSR count). The number of carbonyl (C=O) groups excluding carboxylic acids is 2. The molecule has 1 aromatic carbocycles. The van der Waals surface area contributed by atoms with Gasteiger partial charge in [0.05, 0.1) is 16.3 Å². The van der Waals surface area contributed by atoms with Gasteiger partial charge in [-0.2, -0.15) is 0 Å². The Bertz CT molecular complexity index is 934. The average molecular weight is 412 g/mol. The molecule has 1 heterocycles. The van der Waals surface area contributed by atoms with Crippen molar-refractivity contribution in [3.63, 3.8) is 0 Å². The third-order valence-electron chi connectivity index (χ3n) is 3.27. The molecule has 144 valence electrons. The first-order valence-corrected chi connectivity index (χ1v) is 9.99. The van der Waals surface area contributed by atoms with Gasteiger partial charge in [0, 0.05) is 20.3 Å². The van der Waals surface area contributed by atoms with E-state index in [4.69, 9.17) is 0 Å². The van der Waals surface area contributed by atoms with Crippen molar-refractivity contribution in [1.82, 2.24) is 20.1 Å². The topological polar surface area (TPSA) is 108 Å². The maximum Gasteiger partial charge on any atom is 0.272 e. The molecule has 0 atom stereocenters. The number of carbonyl (C=O) groups is 2. The molecule has 2 aromatic rings. The van der Waals surface area contributed by atoms with E-state index < -0.39 is 27.7 Å². The monoisotopic (exact) mass is 412 g/mol. The maximum atomic E-state index is 13.5. The van der Waals surface area contributed by atoms with E-state index in [1.165, 1.54) is 50.6 Å². The van der Waals surface area contributed by atoms with Crippen molar-refractivity contribution >= 4 is 33.6 Å². The van der Waals surface area contributed by atoms with Gasteiger partial charge in [0.2, 0.25) is 15.9 Å². The molecule has 0 spiro atoms. The van der Waals surface area contributed by atoms with Crippen LogP contribution in [0.25, 0.3) is 0 Å². The minimum Gasteiger partial charge on any atom is -0.272 e.